The average molecular weight is 481 g/mol. The Morgan fingerprint density at radius 2 is 1.97 bits per heavy atom. The summed E-state index contributed by atoms with van der Waals surface area (Å²) in [4.78, 5) is 17.0. The third kappa shape index (κ3) is 5.30. The van der Waals surface area contributed by atoms with Gasteiger partial charge in [-0.2, -0.15) is 5.10 Å². The molecule has 4 rings (SSSR count). The van der Waals surface area contributed by atoms with Crippen LogP contribution in [0.25, 0.3) is 11.0 Å². The van der Waals surface area contributed by atoms with Crippen LogP contribution in [-0.4, -0.2) is 39.6 Å². The number of para-hydroxylation sites is 3. The molecule has 0 saturated carbocycles. The van der Waals surface area contributed by atoms with E-state index < -0.39 is 0 Å². The van der Waals surface area contributed by atoms with Crippen molar-refractivity contribution in [3.63, 3.8) is 0 Å². The molecule has 4 aromatic rings. The van der Waals surface area contributed by atoms with Crippen LogP contribution in [0, 0.1) is 0 Å². The van der Waals surface area contributed by atoms with E-state index in [9.17, 15) is 9.90 Å². The Morgan fingerprint density at radius 1 is 1.18 bits per heavy atom. The number of carbonyl (C=O) groups is 1. The van der Waals surface area contributed by atoms with Crippen LogP contribution in [0.5, 0.6) is 11.5 Å². The molecule has 3 aromatic carbocycles. The van der Waals surface area contributed by atoms with Crippen LogP contribution in [0.15, 0.2) is 77.0 Å². The number of amides is 1. The fourth-order valence-corrected chi connectivity index (χ4v) is 4.26. The summed E-state index contributed by atoms with van der Waals surface area (Å²) in [7, 11) is 1.47. The Hall–Kier alpha value is -3.49. The van der Waals surface area contributed by atoms with Crippen molar-refractivity contribution in [1.29, 1.82) is 0 Å². The zero-order chi connectivity index (χ0) is 23.2. The monoisotopic (exact) mass is 480 g/mol. The fourth-order valence-electron chi connectivity index (χ4n) is 3.26. The second-order valence-corrected chi connectivity index (χ2v) is 8.39. The molecule has 0 aliphatic rings. The molecule has 0 radical (unpaired) electrons. The van der Waals surface area contributed by atoms with Gasteiger partial charge in [0.1, 0.15) is 0 Å². The number of ether oxygens (including phenoxy) is 1. The number of aromatic nitrogens is 2. The van der Waals surface area contributed by atoms with E-state index in [1.807, 2.05) is 53.1 Å². The highest BCUT2D eigenvalue weighted by Crippen LogP contribution is 2.28. The topological polar surface area (TPSA) is 88.7 Å². The molecule has 0 bridgehead atoms. The minimum absolute atomic E-state index is 0.0411. The third-order valence-electron chi connectivity index (χ3n) is 4.88. The minimum atomic E-state index is -0.296. The van der Waals surface area contributed by atoms with Crippen molar-refractivity contribution < 1.29 is 14.6 Å². The number of carbonyl (C=O) groups excluding carboxylic acids is 1. The molecule has 168 valence electrons. The normalized spacial score (nSPS) is 11.2. The van der Waals surface area contributed by atoms with Gasteiger partial charge < -0.3 is 14.4 Å². The number of fused-ring (bicyclic) bond motifs is 1. The largest absolute Gasteiger partial charge is 0.504 e. The van der Waals surface area contributed by atoms with E-state index >= 15 is 0 Å². The number of halogens is 1. The number of hydrazone groups is 1. The first-order valence-electron chi connectivity index (χ1n) is 10.1. The molecule has 0 aliphatic carbocycles. The minimum Gasteiger partial charge on any atom is -0.504 e. The molecular weight excluding hydrogens is 460 g/mol. The van der Waals surface area contributed by atoms with Gasteiger partial charge in [0.2, 0.25) is 0 Å². The molecule has 0 unspecified atom stereocenters. The van der Waals surface area contributed by atoms with Crippen LogP contribution < -0.4 is 10.2 Å². The van der Waals surface area contributed by atoms with Crippen LogP contribution in [0.2, 0.25) is 5.02 Å². The molecule has 0 aliphatic heterocycles. The fraction of sp³-hybridized carbons (Fsp3) is 0.125. The summed E-state index contributed by atoms with van der Waals surface area (Å²) in [6, 6.07) is 20.5. The van der Waals surface area contributed by atoms with Crippen LogP contribution >= 0.6 is 23.4 Å². The first-order chi connectivity index (χ1) is 16.1. The summed E-state index contributed by atoms with van der Waals surface area (Å²) in [5.41, 5.74) is 5.69. The molecule has 1 heterocycles. The van der Waals surface area contributed by atoms with Gasteiger partial charge in [0.15, 0.2) is 16.7 Å². The van der Waals surface area contributed by atoms with Crippen molar-refractivity contribution in [2.24, 2.45) is 5.10 Å². The van der Waals surface area contributed by atoms with E-state index in [2.05, 4.69) is 15.5 Å². The first kappa shape index (κ1) is 22.7. The molecule has 1 amide bonds. The van der Waals surface area contributed by atoms with Gasteiger partial charge in [-0.1, -0.05) is 59.8 Å². The summed E-state index contributed by atoms with van der Waals surface area (Å²) >= 11 is 7.68. The highest BCUT2D eigenvalue weighted by atomic mass is 35.5. The Bertz CT molecular complexity index is 1320. The number of rotatable bonds is 8. The highest BCUT2D eigenvalue weighted by molar-refractivity contribution is 7.99. The van der Waals surface area contributed by atoms with Gasteiger partial charge in [0.05, 0.1) is 36.7 Å². The van der Waals surface area contributed by atoms with E-state index in [1.54, 1.807) is 18.2 Å². The summed E-state index contributed by atoms with van der Waals surface area (Å²) < 4.78 is 7.11. The van der Waals surface area contributed by atoms with Crippen LogP contribution in [-0.2, 0) is 11.3 Å². The van der Waals surface area contributed by atoms with Crippen molar-refractivity contribution in [1.82, 2.24) is 15.0 Å². The van der Waals surface area contributed by atoms with Crippen LogP contribution in [0.3, 0.4) is 0 Å². The smallest absolute Gasteiger partial charge is 0.250 e. The molecule has 0 fully saturated rings. The highest BCUT2D eigenvalue weighted by Gasteiger charge is 2.14. The second-order valence-electron chi connectivity index (χ2n) is 7.04. The second kappa shape index (κ2) is 10.4. The molecule has 2 N–H and O–H groups in total. The zero-order valence-electron chi connectivity index (χ0n) is 17.7. The lowest BCUT2D eigenvalue weighted by Gasteiger charge is -2.10. The number of thioether (sulfide) groups is 1. The standard InChI is InChI=1S/C24H21ClN4O3S/c1-32-21-12-6-8-16(23(21)31)13-26-28-22(30)15-33-24-27-19-10-4-5-11-20(19)29(24)14-17-7-2-3-9-18(17)25/h2-13,31H,14-15H2,1H3,(H,28,30)/b26-13-. The molecular formula is C24H21ClN4O3S. The number of aromatic hydroxyl groups is 1. The molecule has 1 aromatic heterocycles. The first-order valence-corrected chi connectivity index (χ1v) is 11.4. The van der Waals surface area contributed by atoms with Gasteiger partial charge in [-0.25, -0.2) is 10.4 Å². The number of hydrogen-bond donors (Lipinski definition) is 2. The number of phenols is 1. The summed E-state index contributed by atoms with van der Waals surface area (Å²) in [5, 5.41) is 15.4. The van der Waals surface area contributed by atoms with Crippen LogP contribution in [0.1, 0.15) is 11.1 Å². The van der Waals surface area contributed by atoms with Gasteiger partial charge in [0.25, 0.3) is 5.91 Å². The Balaban J connectivity index is 1.46. The maximum atomic E-state index is 12.4. The lowest BCUT2D eigenvalue weighted by Crippen LogP contribution is -2.20. The van der Waals surface area contributed by atoms with Gasteiger partial charge in [-0.05, 0) is 35.9 Å². The number of nitrogens with one attached hydrogen (secondary N) is 1. The molecule has 0 saturated heterocycles. The molecule has 0 atom stereocenters. The van der Waals surface area contributed by atoms with E-state index in [0.717, 1.165) is 16.6 Å². The predicted molar refractivity (Wildman–Crippen MR) is 131 cm³/mol. The number of imidazole rings is 1. The van der Waals surface area contributed by atoms with E-state index in [4.69, 9.17) is 16.3 Å². The number of phenolic OH excluding ortho intramolecular Hbond substituents is 1. The van der Waals surface area contributed by atoms with Crippen molar-refractivity contribution in [3.8, 4) is 11.5 Å². The van der Waals surface area contributed by atoms with Crippen molar-refractivity contribution in [2.75, 3.05) is 12.9 Å². The van der Waals surface area contributed by atoms with Gasteiger partial charge in [0, 0.05) is 10.6 Å². The Kier molecular flexibility index (Phi) is 7.16. The number of methoxy groups -OCH3 is 1. The quantitative estimate of drug-likeness (QED) is 0.217. The van der Waals surface area contributed by atoms with Crippen molar-refractivity contribution >= 4 is 46.5 Å². The zero-order valence-corrected chi connectivity index (χ0v) is 19.3. The van der Waals surface area contributed by atoms with Gasteiger partial charge >= 0.3 is 0 Å². The van der Waals surface area contributed by atoms with Crippen molar-refractivity contribution in [2.45, 2.75) is 11.7 Å². The molecule has 0 spiro atoms. The maximum absolute atomic E-state index is 12.4. The lowest BCUT2D eigenvalue weighted by atomic mass is 10.2. The summed E-state index contributed by atoms with van der Waals surface area (Å²) in [6.07, 6.45) is 1.37. The molecule has 7 nitrogen and oxygen atoms in total. The van der Waals surface area contributed by atoms with E-state index in [-0.39, 0.29) is 17.4 Å². The van der Waals surface area contributed by atoms with E-state index in [0.29, 0.717) is 28.0 Å². The number of benzene rings is 3. The predicted octanol–water partition coefficient (Wildman–Crippen LogP) is 4.69. The third-order valence-corrected chi connectivity index (χ3v) is 6.23. The van der Waals surface area contributed by atoms with Gasteiger partial charge in [-0.15, -0.1) is 0 Å². The Labute approximate surface area is 200 Å². The van der Waals surface area contributed by atoms with E-state index in [1.165, 1.54) is 25.1 Å². The summed E-state index contributed by atoms with van der Waals surface area (Å²) in [6.45, 7) is 0.539. The maximum Gasteiger partial charge on any atom is 0.250 e. The summed E-state index contributed by atoms with van der Waals surface area (Å²) in [5.74, 6) is 0.113. The SMILES string of the molecule is COc1cccc(/C=N\NC(=O)CSc2nc3ccccc3n2Cc2ccccc2Cl)c1O. The Morgan fingerprint density at radius 3 is 2.79 bits per heavy atom. The average Bonchev–Trinajstić information content (AvgIpc) is 3.17. The van der Waals surface area contributed by atoms with Crippen molar-refractivity contribution in [3.05, 3.63) is 82.9 Å². The lowest BCUT2D eigenvalue weighted by molar-refractivity contribution is -0.118. The number of nitrogens with zero attached hydrogens (tertiary/aromatic N) is 3. The van der Waals surface area contributed by atoms with Crippen LogP contribution in [0.4, 0.5) is 0 Å². The molecule has 33 heavy (non-hydrogen) atoms. The number of hydrogen-bond acceptors (Lipinski definition) is 6. The molecule has 9 heteroatoms. The van der Waals surface area contributed by atoms with Gasteiger partial charge in [-0.3, -0.25) is 4.79 Å².